The molecule has 0 saturated heterocycles. The van der Waals surface area contributed by atoms with Gasteiger partial charge in [-0.25, -0.2) is 9.78 Å². The Morgan fingerprint density at radius 1 is 1.29 bits per heavy atom. The molecule has 2 aromatic rings. The summed E-state index contributed by atoms with van der Waals surface area (Å²) in [5.41, 5.74) is 1.98. The van der Waals surface area contributed by atoms with E-state index in [2.05, 4.69) is 26.9 Å². The quantitative estimate of drug-likeness (QED) is 0.862. The van der Waals surface area contributed by atoms with E-state index < -0.39 is 5.97 Å². The number of hydrogen-bond donors (Lipinski definition) is 1. The van der Waals surface area contributed by atoms with Crippen molar-refractivity contribution in [1.29, 1.82) is 0 Å². The Kier molecular flexibility index (Phi) is 4.92. The fourth-order valence-electron chi connectivity index (χ4n) is 2.62. The van der Waals surface area contributed by atoms with Gasteiger partial charge in [-0.1, -0.05) is 6.92 Å². The molecule has 0 aliphatic carbocycles. The lowest BCUT2D eigenvalue weighted by Crippen LogP contribution is -2.29. The molecule has 1 aromatic carbocycles. The molecule has 7 heteroatoms. The predicted molar refractivity (Wildman–Crippen MR) is 92.5 cm³/mol. The van der Waals surface area contributed by atoms with E-state index in [1.165, 1.54) is 23.3 Å². The van der Waals surface area contributed by atoms with E-state index in [1.807, 2.05) is 0 Å². The molecule has 24 heavy (non-hydrogen) atoms. The van der Waals surface area contributed by atoms with Gasteiger partial charge in [0.05, 0.1) is 18.4 Å². The SMILES string of the molecule is CCN1CCc2nc(NC(=O)c3ccc(C(=O)OC)cc3)sc2C1. The molecule has 126 valence electrons. The lowest BCUT2D eigenvalue weighted by molar-refractivity contribution is 0.0600. The lowest BCUT2D eigenvalue weighted by Gasteiger charge is -2.23. The summed E-state index contributed by atoms with van der Waals surface area (Å²) in [6.07, 6.45) is 0.920. The molecule has 2 heterocycles. The maximum atomic E-state index is 12.3. The van der Waals surface area contributed by atoms with Crippen LogP contribution in [0.2, 0.25) is 0 Å². The smallest absolute Gasteiger partial charge is 0.337 e. The van der Waals surface area contributed by atoms with Crippen molar-refractivity contribution in [2.24, 2.45) is 0 Å². The van der Waals surface area contributed by atoms with Crippen LogP contribution in [0.5, 0.6) is 0 Å². The summed E-state index contributed by atoms with van der Waals surface area (Å²) < 4.78 is 4.64. The molecule has 0 atom stereocenters. The van der Waals surface area contributed by atoms with Crippen LogP contribution in [-0.4, -0.2) is 42.0 Å². The fraction of sp³-hybridized carbons (Fsp3) is 0.353. The summed E-state index contributed by atoms with van der Waals surface area (Å²) in [7, 11) is 1.33. The van der Waals surface area contributed by atoms with Crippen molar-refractivity contribution < 1.29 is 14.3 Å². The molecule has 1 N–H and O–H groups in total. The Morgan fingerprint density at radius 3 is 2.67 bits per heavy atom. The van der Waals surface area contributed by atoms with Crippen molar-refractivity contribution in [2.75, 3.05) is 25.5 Å². The van der Waals surface area contributed by atoms with E-state index in [4.69, 9.17) is 0 Å². The van der Waals surface area contributed by atoms with E-state index in [0.29, 0.717) is 16.3 Å². The second kappa shape index (κ2) is 7.11. The summed E-state index contributed by atoms with van der Waals surface area (Å²) in [6, 6.07) is 6.36. The van der Waals surface area contributed by atoms with Crippen molar-refractivity contribution in [2.45, 2.75) is 19.9 Å². The summed E-state index contributed by atoms with van der Waals surface area (Å²) in [6.45, 7) is 5.07. The minimum Gasteiger partial charge on any atom is -0.465 e. The number of carbonyl (C=O) groups is 2. The Hall–Kier alpha value is -2.25. The van der Waals surface area contributed by atoms with Gasteiger partial charge in [0.2, 0.25) is 0 Å². The van der Waals surface area contributed by atoms with Crippen molar-refractivity contribution >= 4 is 28.3 Å². The van der Waals surface area contributed by atoms with Crippen LogP contribution in [0, 0.1) is 0 Å². The fourth-order valence-corrected chi connectivity index (χ4v) is 3.66. The molecule has 6 nitrogen and oxygen atoms in total. The van der Waals surface area contributed by atoms with Gasteiger partial charge in [0, 0.05) is 30.0 Å². The molecule has 1 aliphatic heterocycles. The normalized spacial score (nSPS) is 14.1. The highest BCUT2D eigenvalue weighted by molar-refractivity contribution is 7.15. The first-order chi connectivity index (χ1) is 11.6. The predicted octanol–water partition coefficient (Wildman–Crippen LogP) is 2.56. The minimum absolute atomic E-state index is 0.232. The number of esters is 1. The van der Waals surface area contributed by atoms with E-state index in [0.717, 1.165) is 31.7 Å². The second-order valence-corrected chi connectivity index (χ2v) is 6.61. The number of thiazole rings is 1. The Bertz CT molecular complexity index is 755. The van der Waals surface area contributed by atoms with Gasteiger partial charge in [-0.3, -0.25) is 15.0 Å². The molecule has 1 amide bonds. The molecule has 1 aromatic heterocycles. The Balaban J connectivity index is 1.69. The molecule has 0 unspecified atom stereocenters. The topological polar surface area (TPSA) is 71.5 Å². The van der Waals surface area contributed by atoms with Gasteiger partial charge in [-0.05, 0) is 30.8 Å². The summed E-state index contributed by atoms with van der Waals surface area (Å²) >= 11 is 1.53. The van der Waals surface area contributed by atoms with E-state index in [9.17, 15) is 9.59 Å². The van der Waals surface area contributed by atoms with Crippen LogP contribution < -0.4 is 5.32 Å². The average Bonchev–Trinajstić information content (AvgIpc) is 3.02. The molecular formula is C17H19N3O3S. The van der Waals surface area contributed by atoms with Gasteiger partial charge >= 0.3 is 5.97 Å². The highest BCUT2D eigenvalue weighted by Gasteiger charge is 2.20. The molecule has 0 radical (unpaired) electrons. The summed E-state index contributed by atoms with van der Waals surface area (Å²) in [5.74, 6) is -0.653. The molecule has 0 bridgehead atoms. The molecule has 0 saturated carbocycles. The minimum atomic E-state index is -0.421. The maximum absolute atomic E-state index is 12.3. The van der Waals surface area contributed by atoms with Gasteiger partial charge in [-0.15, -0.1) is 11.3 Å². The Morgan fingerprint density at radius 2 is 2.00 bits per heavy atom. The summed E-state index contributed by atoms with van der Waals surface area (Å²) in [4.78, 5) is 31.9. The first kappa shape index (κ1) is 16.6. The standard InChI is InChI=1S/C17H19N3O3S/c1-3-20-9-8-13-14(10-20)24-17(18-13)19-15(21)11-4-6-12(7-5-11)16(22)23-2/h4-7H,3,8-10H2,1-2H3,(H,18,19,21). The van der Waals surface area contributed by atoms with Crippen molar-refractivity contribution in [1.82, 2.24) is 9.88 Å². The summed E-state index contributed by atoms with van der Waals surface area (Å²) in [5, 5.41) is 3.47. The number of aromatic nitrogens is 1. The number of ether oxygens (including phenoxy) is 1. The van der Waals surface area contributed by atoms with Crippen molar-refractivity contribution in [3.05, 3.63) is 46.0 Å². The number of methoxy groups -OCH3 is 1. The highest BCUT2D eigenvalue weighted by Crippen LogP contribution is 2.28. The van der Waals surface area contributed by atoms with Gasteiger partial charge in [-0.2, -0.15) is 0 Å². The number of anilines is 1. The number of benzene rings is 1. The molecule has 0 spiro atoms. The van der Waals surface area contributed by atoms with E-state index in [1.54, 1.807) is 24.3 Å². The number of nitrogens with zero attached hydrogens (tertiary/aromatic N) is 2. The number of amides is 1. The van der Waals surface area contributed by atoms with Gasteiger partial charge in [0.1, 0.15) is 0 Å². The lowest BCUT2D eigenvalue weighted by atomic mass is 10.1. The largest absolute Gasteiger partial charge is 0.465 e. The van der Waals surface area contributed by atoms with Crippen LogP contribution in [0.4, 0.5) is 5.13 Å². The first-order valence-electron chi connectivity index (χ1n) is 7.81. The third-order valence-electron chi connectivity index (χ3n) is 4.05. The van der Waals surface area contributed by atoms with Crippen LogP contribution in [0.25, 0.3) is 0 Å². The number of hydrogen-bond acceptors (Lipinski definition) is 6. The van der Waals surface area contributed by atoms with E-state index in [-0.39, 0.29) is 5.91 Å². The zero-order valence-corrected chi connectivity index (χ0v) is 14.5. The van der Waals surface area contributed by atoms with Crippen LogP contribution in [-0.2, 0) is 17.7 Å². The number of fused-ring (bicyclic) bond motifs is 1. The molecule has 3 rings (SSSR count). The van der Waals surface area contributed by atoms with Crippen LogP contribution >= 0.6 is 11.3 Å². The molecule has 0 fully saturated rings. The van der Waals surface area contributed by atoms with Crippen molar-refractivity contribution in [3.8, 4) is 0 Å². The van der Waals surface area contributed by atoms with Gasteiger partial charge in [0.25, 0.3) is 5.91 Å². The first-order valence-corrected chi connectivity index (χ1v) is 8.63. The monoisotopic (exact) mass is 345 g/mol. The number of carbonyl (C=O) groups excluding carboxylic acids is 2. The maximum Gasteiger partial charge on any atom is 0.337 e. The zero-order valence-electron chi connectivity index (χ0n) is 13.7. The number of likely N-dealkylation sites (N-methyl/N-ethyl adjacent to an activating group) is 1. The Labute approximate surface area is 144 Å². The molecule has 1 aliphatic rings. The van der Waals surface area contributed by atoms with E-state index >= 15 is 0 Å². The van der Waals surface area contributed by atoms with Crippen LogP contribution in [0.15, 0.2) is 24.3 Å². The highest BCUT2D eigenvalue weighted by atomic mass is 32.1. The zero-order chi connectivity index (χ0) is 17.1. The van der Waals surface area contributed by atoms with Crippen LogP contribution in [0.1, 0.15) is 38.2 Å². The van der Waals surface area contributed by atoms with Crippen molar-refractivity contribution in [3.63, 3.8) is 0 Å². The number of nitrogens with one attached hydrogen (secondary N) is 1. The third kappa shape index (κ3) is 3.47. The van der Waals surface area contributed by atoms with Gasteiger partial charge < -0.3 is 4.74 Å². The van der Waals surface area contributed by atoms with Gasteiger partial charge in [0.15, 0.2) is 5.13 Å². The average molecular weight is 345 g/mol. The van der Waals surface area contributed by atoms with Crippen LogP contribution in [0.3, 0.4) is 0 Å². The second-order valence-electron chi connectivity index (χ2n) is 5.53. The molecular weight excluding hydrogens is 326 g/mol. The number of rotatable bonds is 4. The third-order valence-corrected chi connectivity index (χ3v) is 5.04.